The standard InChI is InChI=1S/C46H38N4/c1-4-15-31(16-5-1)33-29-40(44-35(24-14-27-47-44)32-17-6-2-7-18-32)48-42(30-33)49-28-26-38-36-21-10-11-22-37(36)46-43(45(38)49)39-23-12-13-25-41(39)50(46)34-19-8-3-9-20-34/h1-4,6-10,12-15,17-21,23-30,40,44,47-48H,5,11,16,22H2. The molecule has 2 aliphatic carbocycles. The van der Waals surface area contributed by atoms with Crippen LogP contribution in [0.4, 0.5) is 0 Å². The number of dihydropyridines is 2. The molecule has 6 aromatic rings. The van der Waals surface area contributed by atoms with E-state index in [9.17, 15) is 0 Å². The molecule has 2 N–H and O–H groups in total. The lowest BCUT2D eigenvalue weighted by atomic mass is 9.87. The number of allylic oxidation sites excluding steroid dienone is 9. The summed E-state index contributed by atoms with van der Waals surface area (Å²) in [4.78, 5) is 0. The van der Waals surface area contributed by atoms with Gasteiger partial charge in [0.2, 0.25) is 0 Å². The fraction of sp³-hybridized carbons (Fsp3) is 0.130. The molecule has 242 valence electrons. The Balaban J connectivity index is 1.22. The van der Waals surface area contributed by atoms with Crippen LogP contribution in [0.1, 0.15) is 36.0 Å². The van der Waals surface area contributed by atoms with Gasteiger partial charge in [-0.15, -0.1) is 0 Å². The van der Waals surface area contributed by atoms with Gasteiger partial charge in [0, 0.05) is 28.0 Å². The number of aryl methyl sites for hydroxylation is 1. The lowest BCUT2D eigenvalue weighted by Gasteiger charge is -2.35. The van der Waals surface area contributed by atoms with Gasteiger partial charge in [0.25, 0.3) is 0 Å². The summed E-state index contributed by atoms with van der Waals surface area (Å²) < 4.78 is 4.94. The molecule has 10 rings (SSSR count). The third-order valence-electron chi connectivity index (χ3n) is 10.8. The topological polar surface area (TPSA) is 33.9 Å². The average Bonchev–Trinajstić information content (AvgIpc) is 3.79. The molecule has 2 unspecified atom stereocenters. The Hall–Kier alpha value is -6.00. The number of hydrogen-bond donors (Lipinski definition) is 2. The minimum absolute atomic E-state index is 0.0179. The highest BCUT2D eigenvalue weighted by molar-refractivity contribution is 6.24. The van der Waals surface area contributed by atoms with Crippen molar-refractivity contribution in [3.05, 3.63) is 180 Å². The van der Waals surface area contributed by atoms with Crippen molar-refractivity contribution in [1.82, 2.24) is 19.8 Å². The second-order valence-corrected chi connectivity index (χ2v) is 13.7. The Morgan fingerprint density at radius 1 is 0.720 bits per heavy atom. The van der Waals surface area contributed by atoms with E-state index in [1.807, 2.05) is 0 Å². The quantitative estimate of drug-likeness (QED) is 0.195. The van der Waals surface area contributed by atoms with E-state index in [1.54, 1.807) is 0 Å². The molecule has 2 aromatic heterocycles. The Labute approximate surface area is 292 Å². The zero-order valence-electron chi connectivity index (χ0n) is 27.9. The predicted molar refractivity (Wildman–Crippen MR) is 210 cm³/mol. The van der Waals surface area contributed by atoms with Crippen LogP contribution in [0, 0.1) is 0 Å². The first-order valence-electron chi connectivity index (χ1n) is 17.9. The van der Waals surface area contributed by atoms with Crippen LogP contribution in [0.5, 0.6) is 0 Å². The molecule has 2 aliphatic heterocycles. The van der Waals surface area contributed by atoms with Crippen LogP contribution in [0.3, 0.4) is 0 Å². The fourth-order valence-corrected chi connectivity index (χ4v) is 8.59. The van der Waals surface area contributed by atoms with Gasteiger partial charge in [-0.25, -0.2) is 0 Å². The molecule has 0 saturated heterocycles. The first-order chi connectivity index (χ1) is 24.8. The monoisotopic (exact) mass is 646 g/mol. The van der Waals surface area contributed by atoms with Crippen molar-refractivity contribution in [3.63, 3.8) is 0 Å². The van der Waals surface area contributed by atoms with Crippen LogP contribution in [-0.4, -0.2) is 21.2 Å². The third kappa shape index (κ3) is 4.59. The number of benzene rings is 4. The molecule has 4 aliphatic rings. The number of hydrogen-bond acceptors (Lipinski definition) is 2. The van der Waals surface area contributed by atoms with Crippen molar-refractivity contribution < 1.29 is 0 Å². The van der Waals surface area contributed by atoms with Crippen molar-refractivity contribution in [1.29, 1.82) is 0 Å². The first kappa shape index (κ1) is 29.0. The second-order valence-electron chi connectivity index (χ2n) is 13.7. The molecule has 4 heterocycles. The maximum Gasteiger partial charge on any atom is 0.111 e. The van der Waals surface area contributed by atoms with Gasteiger partial charge in [-0.2, -0.15) is 0 Å². The normalized spacial score (nSPS) is 19.8. The second kappa shape index (κ2) is 11.9. The van der Waals surface area contributed by atoms with E-state index in [0.29, 0.717) is 0 Å². The summed E-state index contributed by atoms with van der Waals surface area (Å²) in [7, 11) is 0. The minimum Gasteiger partial charge on any atom is -0.382 e. The third-order valence-corrected chi connectivity index (χ3v) is 10.8. The Kier molecular flexibility index (Phi) is 6.87. The van der Waals surface area contributed by atoms with Gasteiger partial charge < -0.3 is 19.8 Å². The summed E-state index contributed by atoms with van der Waals surface area (Å²) in [6.45, 7) is 0. The zero-order chi connectivity index (χ0) is 33.0. The number of nitrogens with one attached hydrogen (secondary N) is 2. The molecule has 4 heteroatoms. The van der Waals surface area contributed by atoms with Gasteiger partial charge in [0.05, 0.1) is 28.6 Å². The van der Waals surface area contributed by atoms with Crippen molar-refractivity contribution >= 4 is 50.2 Å². The van der Waals surface area contributed by atoms with Gasteiger partial charge in [0.15, 0.2) is 0 Å². The Morgan fingerprint density at radius 3 is 2.40 bits per heavy atom. The number of nitrogens with zero attached hydrogens (tertiary/aromatic N) is 2. The van der Waals surface area contributed by atoms with Gasteiger partial charge in [-0.3, -0.25) is 0 Å². The molecule has 0 bridgehead atoms. The lowest BCUT2D eigenvalue weighted by Crippen LogP contribution is -2.47. The van der Waals surface area contributed by atoms with Crippen molar-refractivity contribution in [3.8, 4) is 5.69 Å². The Morgan fingerprint density at radius 2 is 1.54 bits per heavy atom. The highest BCUT2D eigenvalue weighted by Gasteiger charge is 2.31. The van der Waals surface area contributed by atoms with Gasteiger partial charge >= 0.3 is 0 Å². The summed E-state index contributed by atoms with van der Waals surface area (Å²) in [5, 5.41) is 11.7. The molecular weight excluding hydrogens is 609 g/mol. The zero-order valence-corrected chi connectivity index (χ0v) is 27.9. The van der Waals surface area contributed by atoms with Crippen molar-refractivity contribution in [2.24, 2.45) is 0 Å². The smallest absolute Gasteiger partial charge is 0.111 e. The molecule has 0 amide bonds. The van der Waals surface area contributed by atoms with Crippen molar-refractivity contribution in [2.45, 2.75) is 37.8 Å². The van der Waals surface area contributed by atoms with E-state index in [-0.39, 0.29) is 12.1 Å². The summed E-state index contributed by atoms with van der Waals surface area (Å²) in [5.74, 6) is 1.10. The summed E-state index contributed by atoms with van der Waals surface area (Å²) in [6, 6.07) is 33.0. The molecule has 50 heavy (non-hydrogen) atoms. The maximum absolute atomic E-state index is 4.06. The first-order valence-corrected chi connectivity index (χ1v) is 17.9. The summed E-state index contributed by atoms with van der Waals surface area (Å²) >= 11 is 0. The fourth-order valence-electron chi connectivity index (χ4n) is 8.59. The Bertz CT molecular complexity index is 2530. The number of aromatic nitrogens is 2. The highest BCUT2D eigenvalue weighted by Crippen LogP contribution is 2.44. The molecule has 0 saturated carbocycles. The number of para-hydroxylation sites is 2. The van der Waals surface area contributed by atoms with Gasteiger partial charge in [-0.05, 0) is 102 Å². The average molecular weight is 647 g/mol. The van der Waals surface area contributed by atoms with Gasteiger partial charge in [0.1, 0.15) is 5.82 Å². The molecular formula is C46H38N4. The lowest BCUT2D eigenvalue weighted by molar-refractivity contribution is 0.566. The van der Waals surface area contributed by atoms with Crippen LogP contribution < -0.4 is 10.6 Å². The van der Waals surface area contributed by atoms with Crippen molar-refractivity contribution in [2.75, 3.05) is 0 Å². The van der Waals surface area contributed by atoms with Crippen LogP contribution in [-0.2, 0) is 6.42 Å². The predicted octanol–water partition coefficient (Wildman–Crippen LogP) is 10.2. The number of rotatable bonds is 5. The molecule has 0 fully saturated rings. The number of fused-ring (bicyclic) bond motifs is 8. The van der Waals surface area contributed by atoms with E-state index in [2.05, 4.69) is 178 Å². The SMILES string of the molecule is C1=CCCC(C2=CC(C3NC=CC=C3c3ccccc3)NC(n3ccc4c5c(c6c(c7ccccc7n6-c6ccccc6)c43)CCC=C5)=C2)=C1. The molecule has 4 aromatic carbocycles. The maximum atomic E-state index is 4.06. The molecule has 0 spiro atoms. The van der Waals surface area contributed by atoms with E-state index >= 15 is 0 Å². The van der Waals surface area contributed by atoms with Crippen LogP contribution >= 0.6 is 0 Å². The van der Waals surface area contributed by atoms with Crippen LogP contribution in [0.2, 0.25) is 0 Å². The largest absolute Gasteiger partial charge is 0.382 e. The molecule has 4 nitrogen and oxygen atoms in total. The van der Waals surface area contributed by atoms with Crippen LogP contribution in [0.25, 0.3) is 55.9 Å². The summed E-state index contributed by atoms with van der Waals surface area (Å²) in [6.07, 6.45) is 29.2. The minimum atomic E-state index is 0.0179. The van der Waals surface area contributed by atoms with E-state index in [4.69, 9.17) is 0 Å². The molecule has 2 atom stereocenters. The molecule has 0 radical (unpaired) electrons. The van der Waals surface area contributed by atoms with E-state index in [0.717, 1.165) is 31.5 Å². The summed E-state index contributed by atoms with van der Waals surface area (Å²) in [5.41, 5.74) is 13.0. The van der Waals surface area contributed by atoms with Crippen LogP contribution in [0.15, 0.2) is 163 Å². The van der Waals surface area contributed by atoms with E-state index < -0.39 is 0 Å². The highest BCUT2D eigenvalue weighted by atomic mass is 15.2. The van der Waals surface area contributed by atoms with Gasteiger partial charge in [-0.1, -0.05) is 109 Å². The van der Waals surface area contributed by atoms with E-state index in [1.165, 1.54) is 71.8 Å².